The minimum Gasteiger partial charge on any atom is -0.490 e. The van der Waals surface area contributed by atoms with Crippen molar-refractivity contribution >= 4 is 0 Å². The Labute approximate surface area is 102 Å². The van der Waals surface area contributed by atoms with Crippen LogP contribution < -0.4 is 10.1 Å². The molecule has 0 fully saturated rings. The highest BCUT2D eigenvalue weighted by molar-refractivity contribution is 5.37. The largest absolute Gasteiger partial charge is 0.490 e. The van der Waals surface area contributed by atoms with Crippen molar-refractivity contribution in [3.8, 4) is 5.75 Å². The molecule has 2 rings (SSSR count). The first-order valence-electron chi connectivity index (χ1n) is 6.31. The van der Waals surface area contributed by atoms with E-state index in [1.165, 1.54) is 6.07 Å². The molecule has 0 spiro atoms. The molecule has 3 heteroatoms. The van der Waals surface area contributed by atoms with Gasteiger partial charge >= 0.3 is 0 Å². The number of nitrogens with one attached hydrogen (secondary N) is 1. The molecular weight excluding hydrogens is 217 g/mol. The van der Waals surface area contributed by atoms with Crippen molar-refractivity contribution in [1.82, 2.24) is 5.32 Å². The Hall–Kier alpha value is -1.09. The lowest BCUT2D eigenvalue weighted by atomic mass is 10.1. The third-order valence-corrected chi connectivity index (χ3v) is 2.96. The van der Waals surface area contributed by atoms with Crippen molar-refractivity contribution < 1.29 is 9.13 Å². The Bertz CT molecular complexity index is 378. The van der Waals surface area contributed by atoms with Crippen molar-refractivity contribution in [2.75, 3.05) is 13.1 Å². The number of halogens is 1. The van der Waals surface area contributed by atoms with Crippen LogP contribution >= 0.6 is 0 Å². The van der Waals surface area contributed by atoms with Crippen LogP contribution in [0.4, 0.5) is 4.39 Å². The molecule has 1 aromatic rings. The fourth-order valence-electron chi connectivity index (χ4n) is 2.10. The molecule has 0 aromatic heterocycles. The van der Waals surface area contributed by atoms with Crippen molar-refractivity contribution in [3.63, 3.8) is 0 Å². The van der Waals surface area contributed by atoms with Gasteiger partial charge in [0, 0.05) is 12.0 Å². The monoisotopic (exact) mass is 237 g/mol. The smallest absolute Gasteiger partial charge is 0.123 e. The summed E-state index contributed by atoms with van der Waals surface area (Å²) in [6, 6.07) is 4.77. The van der Waals surface area contributed by atoms with Crippen molar-refractivity contribution in [1.29, 1.82) is 0 Å². The van der Waals surface area contributed by atoms with E-state index in [4.69, 9.17) is 4.74 Å². The molecule has 0 saturated carbocycles. The first kappa shape index (κ1) is 12.4. The number of ether oxygens (including phenoxy) is 1. The van der Waals surface area contributed by atoms with Crippen LogP contribution in [0.1, 0.15) is 25.8 Å². The number of rotatable bonds is 5. The zero-order chi connectivity index (χ0) is 12.3. The normalized spacial score (nSPS) is 18.2. The second-order valence-corrected chi connectivity index (χ2v) is 5.08. The predicted molar refractivity (Wildman–Crippen MR) is 66.8 cm³/mol. The Morgan fingerprint density at radius 3 is 3.06 bits per heavy atom. The molecule has 1 aliphatic heterocycles. The summed E-state index contributed by atoms with van der Waals surface area (Å²) in [5.74, 6) is 1.34. The van der Waals surface area contributed by atoms with Gasteiger partial charge in [0.05, 0.1) is 0 Å². The summed E-state index contributed by atoms with van der Waals surface area (Å²) in [6.45, 7) is 6.38. The van der Waals surface area contributed by atoms with E-state index in [1.54, 1.807) is 12.1 Å². The Morgan fingerprint density at radius 1 is 1.47 bits per heavy atom. The average molecular weight is 237 g/mol. The zero-order valence-corrected chi connectivity index (χ0v) is 10.5. The fourth-order valence-corrected chi connectivity index (χ4v) is 2.10. The van der Waals surface area contributed by atoms with Gasteiger partial charge in [0.15, 0.2) is 0 Å². The summed E-state index contributed by atoms with van der Waals surface area (Å²) in [4.78, 5) is 0. The summed E-state index contributed by atoms with van der Waals surface area (Å²) in [5, 5.41) is 3.40. The van der Waals surface area contributed by atoms with E-state index in [-0.39, 0.29) is 11.9 Å². The van der Waals surface area contributed by atoms with Gasteiger partial charge in [-0.1, -0.05) is 13.8 Å². The van der Waals surface area contributed by atoms with Crippen LogP contribution in [0.15, 0.2) is 18.2 Å². The maximum Gasteiger partial charge on any atom is 0.123 e. The molecule has 1 aromatic carbocycles. The first-order chi connectivity index (χ1) is 8.15. The highest BCUT2D eigenvalue weighted by Gasteiger charge is 2.22. The second kappa shape index (κ2) is 5.50. The lowest BCUT2D eigenvalue weighted by Crippen LogP contribution is -2.25. The van der Waals surface area contributed by atoms with E-state index in [9.17, 15) is 4.39 Å². The summed E-state index contributed by atoms with van der Waals surface area (Å²) < 4.78 is 18.8. The van der Waals surface area contributed by atoms with Crippen LogP contribution in [0, 0.1) is 11.7 Å². The van der Waals surface area contributed by atoms with E-state index >= 15 is 0 Å². The molecule has 1 aliphatic rings. The molecule has 1 heterocycles. The van der Waals surface area contributed by atoms with Crippen LogP contribution in [0.5, 0.6) is 5.75 Å². The average Bonchev–Trinajstić information content (AvgIpc) is 2.66. The number of benzene rings is 1. The standard InChI is InChI=1S/C14H20FNO/c1-10(2)9-16-6-5-13-8-11-7-12(15)3-4-14(11)17-13/h3-4,7,10,13,16H,5-6,8-9H2,1-2H3. The van der Waals surface area contributed by atoms with E-state index in [2.05, 4.69) is 19.2 Å². The molecule has 0 saturated heterocycles. The Balaban J connectivity index is 1.76. The number of fused-ring (bicyclic) bond motifs is 1. The minimum absolute atomic E-state index is 0.175. The molecule has 0 amide bonds. The van der Waals surface area contributed by atoms with Crippen molar-refractivity contribution in [3.05, 3.63) is 29.6 Å². The van der Waals surface area contributed by atoms with Crippen LogP contribution in [0.25, 0.3) is 0 Å². The second-order valence-electron chi connectivity index (χ2n) is 5.08. The summed E-state index contributed by atoms with van der Waals surface area (Å²) >= 11 is 0. The lowest BCUT2D eigenvalue weighted by molar-refractivity contribution is 0.219. The SMILES string of the molecule is CC(C)CNCCC1Cc2cc(F)ccc2O1. The van der Waals surface area contributed by atoms with Gasteiger partial charge in [-0.15, -0.1) is 0 Å². The zero-order valence-electron chi connectivity index (χ0n) is 10.5. The molecular formula is C14H20FNO. The predicted octanol–water partition coefficient (Wildman–Crippen LogP) is 2.76. The number of hydrogen-bond donors (Lipinski definition) is 1. The van der Waals surface area contributed by atoms with Gasteiger partial charge < -0.3 is 10.1 Å². The molecule has 1 atom stereocenters. The Kier molecular flexibility index (Phi) is 4.00. The van der Waals surface area contributed by atoms with Gasteiger partial charge in [-0.05, 0) is 43.6 Å². The first-order valence-corrected chi connectivity index (χ1v) is 6.31. The molecule has 94 valence electrons. The van der Waals surface area contributed by atoms with E-state index in [0.29, 0.717) is 5.92 Å². The Morgan fingerprint density at radius 2 is 2.29 bits per heavy atom. The third-order valence-electron chi connectivity index (χ3n) is 2.96. The molecule has 0 bridgehead atoms. The van der Waals surface area contributed by atoms with Gasteiger partial charge in [-0.3, -0.25) is 0 Å². The third kappa shape index (κ3) is 3.43. The van der Waals surface area contributed by atoms with Crippen molar-refractivity contribution in [2.24, 2.45) is 5.92 Å². The topological polar surface area (TPSA) is 21.3 Å². The molecule has 2 nitrogen and oxygen atoms in total. The van der Waals surface area contributed by atoms with E-state index in [1.807, 2.05) is 0 Å². The molecule has 0 aliphatic carbocycles. The van der Waals surface area contributed by atoms with E-state index in [0.717, 1.165) is 37.2 Å². The number of hydrogen-bond acceptors (Lipinski definition) is 2. The highest BCUT2D eigenvalue weighted by Crippen LogP contribution is 2.30. The van der Waals surface area contributed by atoms with Crippen LogP contribution in [-0.4, -0.2) is 19.2 Å². The van der Waals surface area contributed by atoms with E-state index < -0.39 is 0 Å². The van der Waals surface area contributed by atoms with Gasteiger partial charge in [-0.2, -0.15) is 0 Å². The maximum absolute atomic E-state index is 13.0. The molecule has 0 radical (unpaired) electrons. The van der Waals surface area contributed by atoms with Gasteiger partial charge in [0.1, 0.15) is 17.7 Å². The molecule has 1 N–H and O–H groups in total. The van der Waals surface area contributed by atoms with Gasteiger partial charge in [-0.25, -0.2) is 4.39 Å². The highest BCUT2D eigenvalue weighted by atomic mass is 19.1. The maximum atomic E-state index is 13.0. The van der Waals surface area contributed by atoms with Gasteiger partial charge in [0.25, 0.3) is 0 Å². The van der Waals surface area contributed by atoms with Crippen LogP contribution in [0.2, 0.25) is 0 Å². The lowest BCUT2D eigenvalue weighted by Gasteiger charge is -2.12. The summed E-state index contributed by atoms with van der Waals surface area (Å²) in [6.07, 6.45) is 2.01. The molecule has 1 unspecified atom stereocenters. The van der Waals surface area contributed by atoms with Gasteiger partial charge in [0.2, 0.25) is 0 Å². The molecule has 17 heavy (non-hydrogen) atoms. The van der Waals surface area contributed by atoms with Crippen molar-refractivity contribution in [2.45, 2.75) is 32.8 Å². The summed E-state index contributed by atoms with van der Waals surface area (Å²) in [7, 11) is 0. The quantitative estimate of drug-likeness (QED) is 0.795. The van der Waals surface area contributed by atoms with Crippen LogP contribution in [0.3, 0.4) is 0 Å². The fraction of sp³-hybridized carbons (Fsp3) is 0.571. The van der Waals surface area contributed by atoms with Crippen LogP contribution in [-0.2, 0) is 6.42 Å². The summed E-state index contributed by atoms with van der Waals surface area (Å²) in [5.41, 5.74) is 0.999. The minimum atomic E-state index is -0.175.